The van der Waals surface area contributed by atoms with E-state index >= 15 is 0 Å². The second kappa shape index (κ2) is 9.57. The number of ether oxygens (including phenoxy) is 1. The maximum Gasteiger partial charge on any atom is 0.276 e. The first-order valence-electron chi connectivity index (χ1n) is 10.2. The largest absolute Gasteiger partial charge is 0.491 e. The molecule has 4 rings (SSSR count). The molecule has 0 unspecified atom stereocenters. The lowest BCUT2D eigenvalue weighted by Gasteiger charge is -2.31. The molecule has 7 nitrogen and oxygen atoms in total. The summed E-state index contributed by atoms with van der Waals surface area (Å²) in [6.45, 7) is 5.30. The number of hydrogen-bond acceptors (Lipinski definition) is 7. The van der Waals surface area contributed by atoms with Crippen LogP contribution in [0, 0.1) is 0 Å². The molecule has 1 saturated heterocycles. The van der Waals surface area contributed by atoms with Gasteiger partial charge in [0.1, 0.15) is 11.4 Å². The zero-order valence-corrected chi connectivity index (χ0v) is 19.0. The smallest absolute Gasteiger partial charge is 0.276 e. The summed E-state index contributed by atoms with van der Waals surface area (Å²) in [5.74, 6) is 0.827. The van der Waals surface area contributed by atoms with E-state index in [1.54, 1.807) is 11.6 Å². The first-order chi connectivity index (χ1) is 15.0. The fourth-order valence-electron chi connectivity index (χ4n) is 3.49. The number of amides is 2. The fourth-order valence-corrected chi connectivity index (χ4v) is 4.98. The van der Waals surface area contributed by atoms with Crippen molar-refractivity contribution in [2.45, 2.75) is 38.7 Å². The number of nitrogens with one attached hydrogen (secondary N) is 1. The van der Waals surface area contributed by atoms with Gasteiger partial charge < -0.3 is 9.64 Å². The van der Waals surface area contributed by atoms with Crippen molar-refractivity contribution in [2.75, 3.05) is 18.4 Å². The van der Waals surface area contributed by atoms with Crippen LogP contribution < -0.4 is 10.1 Å². The number of thiazole rings is 2. The van der Waals surface area contributed by atoms with Crippen molar-refractivity contribution >= 4 is 39.6 Å². The molecule has 31 heavy (non-hydrogen) atoms. The molecule has 1 aliphatic heterocycles. The van der Waals surface area contributed by atoms with Crippen LogP contribution in [-0.2, 0) is 0 Å². The number of carbonyl (C=O) groups is 2. The third-order valence-corrected chi connectivity index (χ3v) is 6.71. The predicted molar refractivity (Wildman–Crippen MR) is 122 cm³/mol. The number of likely N-dealkylation sites (tertiary alicyclic amines) is 1. The molecule has 0 saturated carbocycles. The molecule has 0 bridgehead atoms. The minimum atomic E-state index is -0.241. The number of rotatable bonds is 6. The van der Waals surface area contributed by atoms with E-state index in [2.05, 4.69) is 15.3 Å². The summed E-state index contributed by atoms with van der Waals surface area (Å²) >= 11 is 2.88. The third kappa shape index (κ3) is 5.29. The SMILES string of the molecule is CC(C)Oc1ccc(C(=O)N2CCC(c3nc(C(=O)Nc4nccs4)cs3)CC2)cc1. The third-order valence-electron chi connectivity index (χ3n) is 5.01. The standard InChI is InChI=1S/C22H24N4O3S2/c1-14(2)29-17-5-3-16(4-6-17)21(28)26-10-7-15(8-11-26)20-24-18(13-31-20)19(27)25-22-23-9-12-30-22/h3-6,9,12-15H,7-8,10-11H2,1-2H3,(H,23,25,27). The van der Waals surface area contributed by atoms with Crippen LogP contribution in [0.1, 0.15) is 58.5 Å². The summed E-state index contributed by atoms with van der Waals surface area (Å²) in [4.78, 5) is 35.7. The Kier molecular flexibility index (Phi) is 6.62. The van der Waals surface area contributed by atoms with E-state index in [4.69, 9.17) is 4.74 Å². The van der Waals surface area contributed by atoms with Crippen LogP contribution >= 0.6 is 22.7 Å². The number of aromatic nitrogens is 2. The molecule has 0 radical (unpaired) electrons. The molecule has 1 aliphatic rings. The van der Waals surface area contributed by atoms with E-state index in [1.807, 2.05) is 48.4 Å². The summed E-state index contributed by atoms with van der Waals surface area (Å²) < 4.78 is 5.64. The van der Waals surface area contributed by atoms with Crippen LogP contribution in [0.4, 0.5) is 5.13 Å². The average molecular weight is 457 g/mol. The molecule has 162 valence electrons. The van der Waals surface area contributed by atoms with Crippen LogP contribution in [0.2, 0.25) is 0 Å². The fraction of sp³-hybridized carbons (Fsp3) is 0.364. The first-order valence-corrected chi connectivity index (χ1v) is 12.0. The van der Waals surface area contributed by atoms with E-state index < -0.39 is 0 Å². The quantitative estimate of drug-likeness (QED) is 0.583. The van der Waals surface area contributed by atoms with Crippen LogP contribution in [0.3, 0.4) is 0 Å². The highest BCUT2D eigenvalue weighted by atomic mass is 32.1. The van der Waals surface area contributed by atoms with Gasteiger partial charge in [-0.15, -0.1) is 22.7 Å². The van der Waals surface area contributed by atoms with Crippen molar-refractivity contribution in [2.24, 2.45) is 0 Å². The number of benzene rings is 1. The Hall–Kier alpha value is -2.78. The monoisotopic (exact) mass is 456 g/mol. The number of anilines is 1. The van der Waals surface area contributed by atoms with Gasteiger partial charge in [-0.1, -0.05) is 0 Å². The lowest BCUT2D eigenvalue weighted by atomic mass is 9.97. The number of carbonyl (C=O) groups excluding carboxylic acids is 2. The summed E-state index contributed by atoms with van der Waals surface area (Å²) in [7, 11) is 0. The van der Waals surface area contributed by atoms with Gasteiger partial charge in [0.2, 0.25) is 0 Å². The van der Waals surface area contributed by atoms with E-state index in [-0.39, 0.29) is 23.8 Å². The van der Waals surface area contributed by atoms with Gasteiger partial charge in [-0.3, -0.25) is 14.9 Å². The van der Waals surface area contributed by atoms with Crippen LogP contribution in [0.15, 0.2) is 41.2 Å². The molecule has 1 N–H and O–H groups in total. The summed E-state index contributed by atoms with van der Waals surface area (Å²) in [6, 6.07) is 7.32. The molecule has 3 aromatic rings. The van der Waals surface area contributed by atoms with Gasteiger partial charge in [0.15, 0.2) is 5.13 Å². The first kappa shape index (κ1) is 21.5. The molecule has 0 atom stereocenters. The Morgan fingerprint density at radius 3 is 2.55 bits per heavy atom. The van der Waals surface area contributed by atoms with Gasteiger partial charge in [0, 0.05) is 41.5 Å². The number of piperidine rings is 1. The molecule has 1 fully saturated rings. The highest BCUT2D eigenvalue weighted by Crippen LogP contribution is 2.31. The lowest BCUT2D eigenvalue weighted by molar-refractivity contribution is 0.0713. The van der Waals surface area contributed by atoms with Gasteiger partial charge in [0.25, 0.3) is 11.8 Å². The lowest BCUT2D eigenvalue weighted by Crippen LogP contribution is -2.37. The maximum atomic E-state index is 12.8. The van der Waals surface area contributed by atoms with E-state index in [9.17, 15) is 9.59 Å². The van der Waals surface area contributed by atoms with Crippen molar-refractivity contribution in [3.63, 3.8) is 0 Å². The molecule has 9 heteroatoms. The highest BCUT2D eigenvalue weighted by molar-refractivity contribution is 7.13. The average Bonchev–Trinajstić information content (AvgIpc) is 3.46. The Balaban J connectivity index is 1.32. The van der Waals surface area contributed by atoms with Gasteiger partial charge >= 0.3 is 0 Å². The number of hydrogen-bond donors (Lipinski definition) is 1. The van der Waals surface area contributed by atoms with Gasteiger partial charge in [-0.25, -0.2) is 9.97 Å². The molecular weight excluding hydrogens is 432 g/mol. The minimum absolute atomic E-state index is 0.0391. The Labute approximate surface area is 189 Å². The normalized spacial score (nSPS) is 14.6. The van der Waals surface area contributed by atoms with Crippen molar-refractivity contribution in [1.82, 2.24) is 14.9 Å². The molecular formula is C22H24N4O3S2. The maximum absolute atomic E-state index is 12.8. The Bertz CT molecular complexity index is 1020. The van der Waals surface area contributed by atoms with Crippen molar-refractivity contribution in [3.8, 4) is 5.75 Å². The van der Waals surface area contributed by atoms with E-state index in [0.29, 0.717) is 29.5 Å². The molecule has 0 aliphatic carbocycles. The van der Waals surface area contributed by atoms with Crippen LogP contribution in [0.25, 0.3) is 0 Å². The minimum Gasteiger partial charge on any atom is -0.491 e. The second-order valence-electron chi connectivity index (χ2n) is 7.62. The van der Waals surface area contributed by atoms with E-state index in [1.165, 1.54) is 22.7 Å². The van der Waals surface area contributed by atoms with Crippen LogP contribution in [-0.4, -0.2) is 45.9 Å². The van der Waals surface area contributed by atoms with Gasteiger partial charge in [-0.05, 0) is 51.0 Å². The van der Waals surface area contributed by atoms with E-state index in [0.717, 1.165) is 23.6 Å². The zero-order valence-electron chi connectivity index (χ0n) is 17.4. The molecule has 3 heterocycles. The second-order valence-corrected chi connectivity index (χ2v) is 9.40. The Morgan fingerprint density at radius 2 is 1.90 bits per heavy atom. The molecule has 1 aromatic carbocycles. The van der Waals surface area contributed by atoms with Crippen molar-refractivity contribution < 1.29 is 14.3 Å². The predicted octanol–water partition coefficient (Wildman–Crippen LogP) is 4.66. The summed E-state index contributed by atoms with van der Waals surface area (Å²) in [6.07, 6.45) is 3.42. The molecule has 2 amide bonds. The van der Waals surface area contributed by atoms with Crippen LogP contribution in [0.5, 0.6) is 5.75 Å². The Morgan fingerprint density at radius 1 is 1.16 bits per heavy atom. The number of nitrogens with zero attached hydrogens (tertiary/aromatic N) is 3. The molecule has 2 aromatic heterocycles. The van der Waals surface area contributed by atoms with Gasteiger partial charge in [-0.2, -0.15) is 0 Å². The van der Waals surface area contributed by atoms with Gasteiger partial charge in [0.05, 0.1) is 11.1 Å². The zero-order chi connectivity index (χ0) is 21.8. The van der Waals surface area contributed by atoms with Crippen molar-refractivity contribution in [3.05, 3.63) is 57.5 Å². The summed E-state index contributed by atoms with van der Waals surface area (Å²) in [5.41, 5.74) is 1.09. The molecule has 0 spiro atoms. The highest BCUT2D eigenvalue weighted by Gasteiger charge is 2.27. The van der Waals surface area contributed by atoms with Crippen molar-refractivity contribution in [1.29, 1.82) is 0 Å². The summed E-state index contributed by atoms with van der Waals surface area (Å²) in [5, 5.41) is 7.87. The topological polar surface area (TPSA) is 84.4 Å².